The van der Waals surface area contributed by atoms with Gasteiger partial charge in [0.15, 0.2) is 0 Å². The van der Waals surface area contributed by atoms with Crippen molar-refractivity contribution in [2.75, 3.05) is 0 Å². The Hall–Kier alpha value is -3.42. The number of carbonyl (C=O) groups excluding carboxylic acids is 2. The molecule has 2 aromatic heterocycles. The molecule has 5 nitrogen and oxygen atoms in total. The van der Waals surface area contributed by atoms with Crippen LogP contribution in [0.15, 0.2) is 107 Å². The fraction of sp³-hybridized carbons (Fsp3) is 0. The van der Waals surface area contributed by atoms with E-state index in [9.17, 15) is 9.59 Å². The van der Waals surface area contributed by atoms with Crippen LogP contribution < -0.4 is 4.74 Å². The lowest BCUT2D eigenvalue weighted by Crippen LogP contribution is -1.95. The number of benzene rings is 2. The van der Waals surface area contributed by atoms with Gasteiger partial charge in [-0.2, -0.15) is 0 Å². The Morgan fingerprint density at radius 2 is 1.00 bits per heavy atom. The van der Waals surface area contributed by atoms with Gasteiger partial charge in [-0.3, -0.25) is 9.59 Å². The molecule has 31 heavy (non-hydrogen) atoms. The normalized spacial score (nSPS) is 10.5. The molecule has 0 amide bonds. The fourth-order valence-electron chi connectivity index (χ4n) is 2.58. The zero-order valence-corrected chi connectivity index (χ0v) is 17.8. The highest BCUT2D eigenvalue weighted by molar-refractivity contribution is 8.14. The predicted octanol–water partition coefficient (Wildman–Crippen LogP) is 6.13. The van der Waals surface area contributed by atoms with Gasteiger partial charge in [-0.15, -0.1) is 0 Å². The van der Waals surface area contributed by atoms with Crippen molar-refractivity contribution in [2.24, 2.45) is 0 Å². The third kappa shape index (κ3) is 5.81. The molecule has 4 rings (SSSR count). The molecule has 0 aliphatic heterocycles. The van der Waals surface area contributed by atoms with Crippen LogP contribution in [0.2, 0.25) is 0 Å². The second-order valence-corrected chi connectivity index (χ2v) is 8.25. The van der Waals surface area contributed by atoms with E-state index in [4.69, 9.17) is 4.74 Å². The number of pyridine rings is 2. The van der Waals surface area contributed by atoms with E-state index in [2.05, 4.69) is 9.97 Å². The van der Waals surface area contributed by atoms with E-state index in [-0.39, 0.29) is 10.2 Å². The predicted molar refractivity (Wildman–Crippen MR) is 122 cm³/mol. The Morgan fingerprint density at radius 3 is 1.35 bits per heavy atom. The lowest BCUT2D eigenvalue weighted by molar-refractivity contribution is 0.108. The highest BCUT2D eigenvalue weighted by Crippen LogP contribution is 2.27. The van der Waals surface area contributed by atoms with Gasteiger partial charge in [-0.25, -0.2) is 9.97 Å². The number of hydrogen-bond donors (Lipinski definition) is 0. The van der Waals surface area contributed by atoms with Crippen LogP contribution in [-0.2, 0) is 0 Å². The minimum absolute atomic E-state index is 0.0847. The van der Waals surface area contributed by atoms with Crippen molar-refractivity contribution in [2.45, 2.75) is 10.1 Å². The summed E-state index contributed by atoms with van der Waals surface area (Å²) in [6.07, 6.45) is 3.31. The lowest BCUT2D eigenvalue weighted by Gasteiger charge is -2.07. The van der Waals surface area contributed by atoms with Gasteiger partial charge in [0.05, 0.1) is 0 Å². The standard InChI is InChI=1S/C24H16N2O3S2/c27-23(30-21-5-1-3-15-25-21)17-7-11-19(12-8-17)29-20-13-9-18(10-14-20)24(28)31-22-6-2-4-16-26-22/h1-16H. The monoisotopic (exact) mass is 444 g/mol. The average Bonchev–Trinajstić information content (AvgIpc) is 2.81. The van der Waals surface area contributed by atoms with Crippen LogP contribution in [0.25, 0.3) is 0 Å². The maximum absolute atomic E-state index is 12.4. The molecule has 4 aromatic rings. The topological polar surface area (TPSA) is 69.2 Å². The molecule has 0 unspecified atom stereocenters. The number of ether oxygens (including phenoxy) is 1. The number of carbonyl (C=O) groups is 2. The van der Waals surface area contributed by atoms with Gasteiger partial charge in [-0.1, -0.05) is 12.1 Å². The minimum Gasteiger partial charge on any atom is -0.457 e. The van der Waals surface area contributed by atoms with Crippen LogP contribution in [0, 0.1) is 0 Å². The molecule has 2 aromatic carbocycles. The maximum Gasteiger partial charge on any atom is 0.225 e. The van der Waals surface area contributed by atoms with Crippen LogP contribution >= 0.6 is 23.5 Å². The first-order valence-electron chi connectivity index (χ1n) is 9.32. The van der Waals surface area contributed by atoms with Crippen molar-refractivity contribution in [3.05, 3.63) is 108 Å². The van der Waals surface area contributed by atoms with Gasteiger partial charge in [0.25, 0.3) is 0 Å². The van der Waals surface area contributed by atoms with Crippen LogP contribution in [0.1, 0.15) is 20.7 Å². The third-order valence-electron chi connectivity index (χ3n) is 4.09. The Morgan fingerprint density at radius 1 is 0.581 bits per heavy atom. The van der Waals surface area contributed by atoms with E-state index in [0.717, 1.165) is 23.5 Å². The molecular weight excluding hydrogens is 428 g/mol. The van der Waals surface area contributed by atoms with Gasteiger partial charge < -0.3 is 4.74 Å². The molecule has 0 fully saturated rings. The van der Waals surface area contributed by atoms with Crippen molar-refractivity contribution >= 4 is 33.8 Å². The van der Waals surface area contributed by atoms with Gasteiger partial charge >= 0.3 is 0 Å². The second kappa shape index (κ2) is 10.1. The highest BCUT2D eigenvalue weighted by Gasteiger charge is 2.11. The van der Waals surface area contributed by atoms with Crippen molar-refractivity contribution in [1.29, 1.82) is 0 Å². The summed E-state index contributed by atoms with van der Waals surface area (Å²) >= 11 is 2.16. The van der Waals surface area contributed by atoms with Crippen LogP contribution in [0.3, 0.4) is 0 Å². The van der Waals surface area contributed by atoms with Crippen LogP contribution in [0.4, 0.5) is 0 Å². The van der Waals surface area contributed by atoms with Crippen molar-refractivity contribution in [3.63, 3.8) is 0 Å². The van der Waals surface area contributed by atoms with Gasteiger partial charge in [0.2, 0.25) is 10.2 Å². The largest absolute Gasteiger partial charge is 0.457 e. The Labute approximate surface area is 187 Å². The van der Waals surface area contributed by atoms with Crippen LogP contribution in [0.5, 0.6) is 11.5 Å². The zero-order valence-electron chi connectivity index (χ0n) is 16.2. The lowest BCUT2D eigenvalue weighted by atomic mass is 10.2. The summed E-state index contributed by atoms with van der Waals surface area (Å²) in [5.41, 5.74) is 1.13. The molecular formula is C24H16N2O3S2. The summed E-state index contributed by atoms with van der Waals surface area (Å²) in [6.45, 7) is 0. The Bertz CT molecular complexity index is 1070. The highest BCUT2D eigenvalue weighted by atomic mass is 32.2. The minimum atomic E-state index is -0.0847. The molecule has 0 aliphatic rings. The number of nitrogens with zero attached hydrogens (tertiary/aromatic N) is 2. The van der Waals surface area contributed by atoms with E-state index in [1.165, 1.54) is 0 Å². The zero-order chi connectivity index (χ0) is 21.5. The summed E-state index contributed by atoms with van der Waals surface area (Å²) in [5, 5.41) is 1.14. The van der Waals surface area contributed by atoms with Gasteiger partial charge in [0, 0.05) is 23.5 Å². The Kier molecular flexibility index (Phi) is 6.76. The smallest absolute Gasteiger partial charge is 0.225 e. The molecule has 0 saturated carbocycles. The summed E-state index contributed by atoms with van der Waals surface area (Å²) in [5.74, 6) is 1.20. The molecule has 0 aliphatic carbocycles. The molecule has 0 atom stereocenters. The first-order valence-corrected chi connectivity index (χ1v) is 10.9. The first kappa shape index (κ1) is 20.8. The van der Waals surface area contributed by atoms with E-state index in [1.807, 2.05) is 24.3 Å². The average molecular weight is 445 g/mol. The summed E-state index contributed by atoms with van der Waals surface area (Å²) in [6, 6.07) is 24.7. The number of rotatable bonds is 6. The molecule has 0 N–H and O–H groups in total. The Balaban J connectivity index is 1.36. The number of thioether (sulfide) groups is 2. The molecule has 0 radical (unpaired) electrons. The molecule has 0 spiro atoms. The summed E-state index contributed by atoms with van der Waals surface area (Å²) < 4.78 is 5.82. The summed E-state index contributed by atoms with van der Waals surface area (Å²) in [7, 11) is 0. The van der Waals surface area contributed by atoms with Crippen molar-refractivity contribution < 1.29 is 14.3 Å². The van der Waals surface area contributed by atoms with Gasteiger partial charge in [-0.05, 0) is 96.3 Å². The maximum atomic E-state index is 12.4. The quantitative estimate of drug-likeness (QED) is 0.331. The number of hydrogen-bond acceptors (Lipinski definition) is 7. The molecule has 7 heteroatoms. The molecule has 152 valence electrons. The molecule has 0 bridgehead atoms. The SMILES string of the molecule is O=C(Sc1ccccn1)c1ccc(Oc2ccc(C(=O)Sc3ccccn3)cc2)cc1. The van der Waals surface area contributed by atoms with Crippen molar-refractivity contribution in [1.82, 2.24) is 9.97 Å². The van der Waals surface area contributed by atoms with E-state index in [1.54, 1.807) is 73.1 Å². The first-order chi connectivity index (χ1) is 15.2. The number of aromatic nitrogens is 2. The fourth-order valence-corrected chi connectivity index (χ4v) is 3.99. The van der Waals surface area contributed by atoms with Gasteiger partial charge in [0.1, 0.15) is 21.6 Å². The van der Waals surface area contributed by atoms with Crippen molar-refractivity contribution in [3.8, 4) is 11.5 Å². The van der Waals surface area contributed by atoms with E-state index < -0.39 is 0 Å². The van der Waals surface area contributed by atoms with E-state index >= 15 is 0 Å². The molecule has 2 heterocycles. The van der Waals surface area contributed by atoms with Crippen LogP contribution in [-0.4, -0.2) is 20.2 Å². The molecule has 0 saturated heterocycles. The third-order valence-corrected chi connectivity index (χ3v) is 5.83. The van der Waals surface area contributed by atoms with E-state index in [0.29, 0.717) is 32.7 Å². The summed E-state index contributed by atoms with van der Waals surface area (Å²) in [4.78, 5) is 33.0. The second-order valence-electron chi connectivity index (χ2n) is 6.27.